The zero-order valence-corrected chi connectivity index (χ0v) is 13.5. The molecule has 0 unspecified atom stereocenters. The van der Waals surface area contributed by atoms with Crippen molar-refractivity contribution in [3.05, 3.63) is 57.2 Å². The van der Waals surface area contributed by atoms with Crippen LogP contribution in [0.25, 0.3) is 0 Å². The lowest BCUT2D eigenvalue weighted by Gasteiger charge is -2.09. The molecule has 1 aromatic heterocycles. The number of nitrogens with zero attached hydrogens (tertiary/aromatic N) is 2. The van der Waals surface area contributed by atoms with Crippen molar-refractivity contribution in [2.45, 2.75) is 0 Å². The topological polar surface area (TPSA) is 106 Å². The molecule has 2 rings (SSSR count). The molecule has 0 aliphatic carbocycles. The lowest BCUT2D eigenvalue weighted by Crippen LogP contribution is -2.14. The molecule has 126 valence electrons. The second-order valence-electron chi connectivity index (χ2n) is 4.72. The summed E-state index contributed by atoms with van der Waals surface area (Å²) in [5.74, 6) is -0.203. The number of carbonyl (C=O) groups is 1. The van der Waals surface area contributed by atoms with Gasteiger partial charge in [-0.3, -0.25) is 14.9 Å². The minimum Gasteiger partial charge on any atom is -0.383 e. The predicted octanol–water partition coefficient (Wildman–Crippen LogP) is 2.95. The maximum atomic E-state index is 12.2. The van der Waals surface area contributed by atoms with Gasteiger partial charge in [-0.05, 0) is 24.3 Å². The highest BCUT2D eigenvalue weighted by Gasteiger charge is 2.17. The number of nitrogens with one attached hydrogen (secondary N) is 2. The van der Waals surface area contributed by atoms with E-state index in [-0.39, 0.29) is 11.3 Å². The van der Waals surface area contributed by atoms with Crippen molar-refractivity contribution in [3.63, 3.8) is 0 Å². The number of ether oxygens (including phenoxy) is 1. The molecular formula is C15H15ClN4O4. The quantitative estimate of drug-likeness (QED) is 0.451. The van der Waals surface area contributed by atoms with Crippen molar-refractivity contribution >= 4 is 34.7 Å². The highest BCUT2D eigenvalue weighted by Crippen LogP contribution is 2.26. The fourth-order valence-electron chi connectivity index (χ4n) is 1.90. The molecule has 1 amide bonds. The van der Waals surface area contributed by atoms with Gasteiger partial charge in [0.1, 0.15) is 11.5 Å². The molecule has 2 N–H and O–H groups in total. The molecule has 0 saturated carbocycles. The Hall–Kier alpha value is -2.71. The van der Waals surface area contributed by atoms with E-state index in [0.29, 0.717) is 29.7 Å². The molecule has 0 spiro atoms. The number of methoxy groups -OCH3 is 1. The normalized spacial score (nSPS) is 10.2. The van der Waals surface area contributed by atoms with Crippen LogP contribution in [0.2, 0.25) is 5.02 Å². The Kier molecular flexibility index (Phi) is 6.05. The Morgan fingerprint density at radius 3 is 2.79 bits per heavy atom. The standard InChI is InChI=1S/C15H15ClN4O4/c1-24-7-6-17-12-4-2-10(8-13(12)20(22)23)15(21)19-14-5-3-11(16)9-18-14/h2-5,8-9,17H,6-7H2,1H3,(H,18,19,21). The number of nitro groups is 1. The first kappa shape index (κ1) is 17.6. The zero-order chi connectivity index (χ0) is 17.5. The number of pyridine rings is 1. The first-order valence-corrected chi connectivity index (χ1v) is 7.33. The van der Waals surface area contributed by atoms with Crippen LogP contribution in [0.5, 0.6) is 0 Å². The first-order valence-electron chi connectivity index (χ1n) is 6.95. The van der Waals surface area contributed by atoms with Crippen molar-refractivity contribution in [2.24, 2.45) is 0 Å². The van der Waals surface area contributed by atoms with E-state index in [4.69, 9.17) is 16.3 Å². The SMILES string of the molecule is COCCNc1ccc(C(=O)Nc2ccc(Cl)cn2)cc1[N+](=O)[O-]. The van der Waals surface area contributed by atoms with Gasteiger partial charge in [0.15, 0.2) is 0 Å². The van der Waals surface area contributed by atoms with Crippen LogP contribution in [0.15, 0.2) is 36.5 Å². The van der Waals surface area contributed by atoms with Gasteiger partial charge in [0.2, 0.25) is 0 Å². The molecule has 8 nitrogen and oxygen atoms in total. The number of hydrogen-bond donors (Lipinski definition) is 2. The van der Waals surface area contributed by atoms with Crippen molar-refractivity contribution in [3.8, 4) is 0 Å². The third-order valence-corrected chi connectivity index (χ3v) is 3.27. The van der Waals surface area contributed by atoms with Gasteiger partial charge in [-0.2, -0.15) is 0 Å². The van der Waals surface area contributed by atoms with Gasteiger partial charge in [-0.15, -0.1) is 0 Å². The largest absolute Gasteiger partial charge is 0.383 e. The molecule has 1 heterocycles. The molecular weight excluding hydrogens is 336 g/mol. The first-order chi connectivity index (χ1) is 11.5. The van der Waals surface area contributed by atoms with Crippen LogP contribution in [0.4, 0.5) is 17.2 Å². The molecule has 0 atom stereocenters. The van der Waals surface area contributed by atoms with Gasteiger partial charge in [0.05, 0.1) is 16.6 Å². The van der Waals surface area contributed by atoms with Crippen molar-refractivity contribution < 1.29 is 14.5 Å². The van der Waals surface area contributed by atoms with Crippen molar-refractivity contribution in [1.82, 2.24) is 4.98 Å². The minimum absolute atomic E-state index is 0.149. The summed E-state index contributed by atoms with van der Waals surface area (Å²) in [4.78, 5) is 26.8. The lowest BCUT2D eigenvalue weighted by atomic mass is 10.1. The van der Waals surface area contributed by atoms with E-state index in [1.807, 2.05) is 0 Å². The fraction of sp³-hybridized carbons (Fsp3) is 0.200. The zero-order valence-electron chi connectivity index (χ0n) is 12.8. The Morgan fingerprint density at radius 1 is 1.38 bits per heavy atom. The smallest absolute Gasteiger partial charge is 0.293 e. The Morgan fingerprint density at radius 2 is 2.17 bits per heavy atom. The number of anilines is 2. The molecule has 0 saturated heterocycles. The average Bonchev–Trinajstić information content (AvgIpc) is 2.57. The summed E-state index contributed by atoms with van der Waals surface area (Å²) in [6.07, 6.45) is 1.39. The van der Waals surface area contributed by atoms with Crippen LogP contribution in [-0.4, -0.2) is 36.1 Å². The van der Waals surface area contributed by atoms with Crippen molar-refractivity contribution in [2.75, 3.05) is 30.9 Å². The molecule has 24 heavy (non-hydrogen) atoms. The van der Waals surface area contributed by atoms with Crippen LogP contribution in [0, 0.1) is 10.1 Å². The van der Waals surface area contributed by atoms with Crippen LogP contribution >= 0.6 is 11.6 Å². The van der Waals surface area contributed by atoms with E-state index in [1.54, 1.807) is 6.07 Å². The Balaban J connectivity index is 2.17. The number of rotatable bonds is 7. The molecule has 0 aliphatic heterocycles. The molecule has 9 heteroatoms. The third-order valence-electron chi connectivity index (χ3n) is 3.05. The maximum Gasteiger partial charge on any atom is 0.293 e. The number of amides is 1. The lowest BCUT2D eigenvalue weighted by molar-refractivity contribution is -0.384. The molecule has 0 radical (unpaired) electrons. The molecule has 0 fully saturated rings. The second-order valence-corrected chi connectivity index (χ2v) is 5.16. The van der Waals surface area contributed by atoms with E-state index in [9.17, 15) is 14.9 Å². The summed E-state index contributed by atoms with van der Waals surface area (Å²) in [5.41, 5.74) is 0.275. The third kappa shape index (κ3) is 4.64. The van der Waals surface area contributed by atoms with Crippen LogP contribution in [0.3, 0.4) is 0 Å². The molecule has 1 aromatic carbocycles. The van der Waals surface area contributed by atoms with Gasteiger partial charge in [0.25, 0.3) is 11.6 Å². The molecule has 2 aromatic rings. The number of carbonyl (C=O) groups excluding carboxylic acids is 1. The van der Waals surface area contributed by atoms with Gasteiger partial charge < -0.3 is 15.4 Å². The van der Waals surface area contributed by atoms with Gasteiger partial charge in [0, 0.05) is 31.5 Å². The van der Waals surface area contributed by atoms with E-state index in [0.717, 1.165) is 0 Å². The minimum atomic E-state index is -0.549. The van der Waals surface area contributed by atoms with Crippen LogP contribution in [0.1, 0.15) is 10.4 Å². The number of hydrogen-bond acceptors (Lipinski definition) is 6. The monoisotopic (exact) mass is 350 g/mol. The van der Waals surface area contributed by atoms with E-state index < -0.39 is 10.8 Å². The Labute approximate surface area is 142 Å². The maximum absolute atomic E-state index is 12.2. The summed E-state index contributed by atoms with van der Waals surface area (Å²) >= 11 is 5.72. The number of aromatic nitrogens is 1. The second kappa shape index (κ2) is 8.23. The summed E-state index contributed by atoms with van der Waals surface area (Å²) in [6, 6.07) is 7.30. The van der Waals surface area contributed by atoms with Gasteiger partial charge >= 0.3 is 0 Å². The van der Waals surface area contributed by atoms with Gasteiger partial charge in [-0.25, -0.2) is 4.98 Å². The highest BCUT2D eigenvalue weighted by atomic mass is 35.5. The Bertz CT molecular complexity index is 737. The fourth-order valence-corrected chi connectivity index (χ4v) is 2.01. The van der Waals surface area contributed by atoms with E-state index in [2.05, 4.69) is 15.6 Å². The van der Waals surface area contributed by atoms with Crippen molar-refractivity contribution in [1.29, 1.82) is 0 Å². The summed E-state index contributed by atoms with van der Waals surface area (Å²) in [5, 5.41) is 17.1. The number of benzene rings is 1. The van der Waals surface area contributed by atoms with Gasteiger partial charge in [-0.1, -0.05) is 11.6 Å². The van der Waals surface area contributed by atoms with E-state index in [1.165, 1.54) is 37.6 Å². The number of halogens is 1. The summed E-state index contributed by atoms with van der Waals surface area (Å²) in [7, 11) is 1.54. The molecule has 0 bridgehead atoms. The highest BCUT2D eigenvalue weighted by molar-refractivity contribution is 6.30. The predicted molar refractivity (Wildman–Crippen MR) is 90.7 cm³/mol. The van der Waals surface area contributed by atoms with Crippen LogP contribution < -0.4 is 10.6 Å². The van der Waals surface area contributed by atoms with Crippen LogP contribution in [-0.2, 0) is 4.74 Å². The summed E-state index contributed by atoms with van der Waals surface area (Å²) in [6.45, 7) is 0.819. The van der Waals surface area contributed by atoms with E-state index >= 15 is 0 Å². The molecule has 0 aliphatic rings. The average molecular weight is 351 g/mol. The summed E-state index contributed by atoms with van der Waals surface area (Å²) < 4.78 is 4.89. The number of nitro benzene ring substituents is 1.